The molecule has 0 heterocycles. The minimum absolute atomic E-state index is 0.203. The lowest BCUT2D eigenvalue weighted by Gasteiger charge is -2.23. The first-order valence-corrected chi connectivity index (χ1v) is 9.36. The summed E-state index contributed by atoms with van der Waals surface area (Å²) in [4.78, 5) is 0. The largest absolute Gasteiger partial charge is 0.456 e. The van der Waals surface area contributed by atoms with Gasteiger partial charge in [-0.25, -0.2) is 0 Å². The van der Waals surface area contributed by atoms with Crippen LogP contribution in [-0.4, -0.2) is 23.5 Å². The fourth-order valence-electron chi connectivity index (χ4n) is 0.896. The Kier molecular flexibility index (Phi) is 4.49. The molecular weight excluding hydrogens is 172 g/mol. The monoisotopic (exact) mass is 191 g/mol. The van der Waals surface area contributed by atoms with Crippen LogP contribution in [0.2, 0.25) is 32.2 Å². The Hall–Kier alpha value is 0.314. The topological polar surface area (TPSA) is 61.3 Å². The third-order valence-corrected chi connectivity index (χ3v) is 5.89. The lowest BCUT2D eigenvalue weighted by molar-refractivity contribution is 0.562. The van der Waals surface area contributed by atoms with Crippen molar-refractivity contribution in [3.63, 3.8) is 0 Å². The maximum absolute atomic E-state index is 5.83. The van der Waals surface area contributed by atoms with Gasteiger partial charge in [-0.2, -0.15) is 0 Å². The van der Waals surface area contributed by atoms with Crippen LogP contribution in [0.1, 0.15) is 0 Å². The Bertz CT molecular complexity index is 114. The summed E-state index contributed by atoms with van der Waals surface area (Å²) in [6, 6.07) is 0.842. The molecular formula is C6H19N2OSi2. The van der Waals surface area contributed by atoms with E-state index in [-0.39, 0.29) is 6.17 Å². The van der Waals surface area contributed by atoms with Gasteiger partial charge in [0.25, 0.3) is 0 Å². The van der Waals surface area contributed by atoms with Crippen molar-refractivity contribution in [1.29, 1.82) is 0 Å². The molecule has 67 valence electrons. The second kappa shape index (κ2) is 4.37. The van der Waals surface area contributed by atoms with E-state index in [0.29, 0.717) is 0 Å². The Balaban J connectivity index is 3.61. The average Bonchev–Trinajstić information content (AvgIpc) is 1.53. The number of nitrogens with two attached hydrogens (primary N) is 2. The molecule has 0 aliphatic heterocycles. The third kappa shape index (κ3) is 8.22. The van der Waals surface area contributed by atoms with Gasteiger partial charge in [-0.1, -0.05) is 0 Å². The molecule has 11 heavy (non-hydrogen) atoms. The lowest BCUT2D eigenvalue weighted by atomic mass is 10.6. The first-order valence-electron chi connectivity index (χ1n) is 3.84. The molecule has 0 atom stereocenters. The van der Waals surface area contributed by atoms with Crippen LogP contribution in [0.5, 0.6) is 0 Å². The van der Waals surface area contributed by atoms with E-state index in [1.54, 1.807) is 0 Å². The fourth-order valence-corrected chi connectivity index (χ4v) is 6.08. The van der Waals surface area contributed by atoms with E-state index in [2.05, 4.69) is 26.2 Å². The molecule has 0 aliphatic carbocycles. The van der Waals surface area contributed by atoms with E-state index >= 15 is 0 Å². The molecule has 0 saturated heterocycles. The second-order valence-corrected chi connectivity index (χ2v) is 10.6. The summed E-state index contributed by atoms with van der Waals surface area (Å²) in [7, 11) is -2.09. The normalized spacial score (nSPS) is 13.1. The summed E-state index contributed by atoms with van der Waals surface area (Å²) in [5.74, 6) is 0. The summed E-state index contributed by atoms with van der Waals surface area (Å²) >= 11 is 0. The van der Waals surface area contributed by atoms with E-state index in [1.807, 2.05) is 0 Å². The fraction of sp³-hybridized carbons (Fsp3) is 1.00. The number of hydrogen-bond donors (Lipinski definition) is 2. The smallest absolute Gasteiger partial charge is 0.197 e. The molecule has 0 bridgehead atoms. The Labute approximate surface area is 72.0 Å². The summed E-state index contributed by atoms with van der Waals surface area (Å²) < 4.78 is 5.83. The molecule has 0 aliphatic rings. The van der Waals surface area contributed by atoms with Gasteiger partial charge in [-0.15, -0.1) is 0 Å². The van der Waals surface area contributed by atoms with Gasteiger partial charge in [0.1, 0.15) is 0 Å². The van der Waals surface area contributed by atoms with Crippen molar-refractivity contribution >= 4 is 17.4 Å². The van der Waals surface area contributed by atoms with Gasteiger partial charge >= 0.3 is 0 Å². The summed E-state index contributed by atoms with van der Waals surface area (Å²) in [6.07, 6.45) is -0.203. The zero-order chi connectivity index (χ0) is 9.07. The van der Waals surface area contributed by atoms with Crippen LogP contribution in [-0.2, 0) is 4.12 Å². The van der Waals surface area contributed by atoms with Crippen LogP contribution >= 0.6 is 0 Å². The van der Waals surface area contributed by atoms with Gasteiger partial charge in [0.05, 0.1) is 6.17 Å². The SMILES string of the molecule is C[Si](CC(N)N)O[Si](C)(C)C. The minimum Gasteiger partial charge on any atom is -0.456 e. The van der Waals surface area contributed by atoms with Crippen molar-refractivity contribution in [3.8, 4) is 0 Å². The van der Waals surface area contributed by atoms with Gasteiger partial charge in [0, 0.05) is 0 Å². The zero-order valence-electron chi connectivity index (χ0n) is 7.85. The highest BCUT2D eigenvalue weighted by molar-refractivity contribution is 6.77. The number of rotatable bonds is 4. The molecule has 0 rings (SSSR count). The molecule has 0 saturated carbocycles. The van der Waals surface area contributed by atoms with Crippen LogP contribution < -0.4 is 11.5 Å². The summed E-state index contributed by atoms with van der Waals surface area (Å²) in [5.41, 5.74) is 10.9. The van der Waals surface area contributed by atoms with Crippen molar-refractivity contribution in [1.82, 2.24) is 0 Å². The predicted molar refractivity (Wildman–Crippen MR) is 53.0 cm³/mol. The van der Waals surface area contributed by atoms with Gasteiger partial charge < -0.3 is 15.6 Å². The molecule has 0 amide bonds. The molecule has 1 radical (unpaired) electrons. The van der Waals surface area contributed by atoms with Crippen molar-refractivity contribution in [2.24, 2.45) is 11.5 Å². The first kappa shape index (κ1) is 11.3. The van der Waals surface area contributed by atoms with E-state index < -0.39 is 17.4 Å². The van der Waals surface area contributed by atoms with E-state index in [1.165, 1.54) is 0 Å². The van der Waals surface area contributed by atoms with Crippen LogP contribution in [0.3, 0.4) is 0 Å². The Morgan fingerprint density at radius 2 is 1.82 bits per heavy atom. The quantitative estimate of drug-likeness (QED) is 0.508. The van der Waals surface area contributed by atoms with Gasteiger partial charge in [-0.3, -0.25) is 0 Å². The van der Waals surface area contributed by atoms with Crippen molar-refractivity contribution in [2.75, 3.05) is 0 Å². The van der Waals surface area contributed by atoms with Crippen molar-refractivity contribution in [3.05, 3.63) is 0 Å². The second-order valence-electron chi connectivity index (χ2n) is 3.78. The summed E-state index contributed by atoms with van der Waals surface area (Å²) in [6.45, 7) is 8.67. The molecule has 3 nitrogen and oxygen atoms in total. The van der Waals surface area contributed by atoms with Crippen LogP contribution in [0, 0.1) is 0 Å². The Morgan fingerprint density at radius 1 is 1.36 bits per heavy atom. The number of hydrogen-bond acceptors (Lipinski definition) is 3. The molecule has 0 unspecified atom stereocenters. The maximum Gasteiger partial charge on any atom is 0.197 e. The highest BCUT2D eigenvalue weighted by atomic mass is 28.4. The third-order valence-electron chi connectivity index (χ3n) is 1.00. The molecule has 5 heteroatoms. The predicted octanol–water partition coefficient (Wildman–Crippen LogP) is 0.703. The zero-order valence-corrected chi connectivity index (χ0v) is 9.85. The van der Waals surface area contributed by atoms with Gasteiger partial charge in [-0.05, 0) is 32.2 Å². The Morgan fingerprint density at radius 3 is 2.09 bits per heavy atom. The molecule has 0 aromatic carbocycles. The average molecular weight is 191 g/mol. The van der Waals surface area contributed by atoms with Crippen molar-refractivity contribution < 1.29 is 4.12 Å². The van der Waals surface area contributed by atoms with E-state index in [0.717, 1.165) is 6.04 Å². The molecule has 0 aromatic heterocycles. The van der Waals surface area contributed by atoms with Crippen LogP contribution in [0.15, 0.2) is 0 Å². The van der Waals surface area contributed by atoms with Crippen molar-refractivity contribution in [2.45, 2.75) is 38.4 Å². The highest BCUT2D eigenvalue weighted by Crippen LogP contribution is 2.07. The molecule has 0 aromatic rings. The summed E-state index contributed by atoms with van der Waals surface area (Å²) in [5, 5.41) is 0. The molecule has 4 N–H and O–H groups in total. The van der Waals surface area contributed by atoms with E-state index in [9.17, 15) is 0 Å². The molecule has 0 fully saturated rings. The molecule has 0 spiro atoms. The maximum atomic E-state index is 5.83. The van der Waals surface area contributed by atoms with Crippen LogP contribution in [0.25, 0.3) is 0 Å². The van der Waals surface area contributed by atoms with E-state index in [4.69, 9.17) is 15.6 Å². The van der Waals surface area contributed by atoms with Crippen LogP contribution in [0.4, 0.5) is 0 Å². The first-order chi connectivity index (χ1) is 4.81. The van der Waals surface area contributed by atoms with Gasteiger partial charge in [0.15, 0.2) is 17.4 Å². The van der Waals surface area contributed by atoms with Gasteiger partial charge in [0.2, 0.25) is 0 Å². The highest BCUT2D eigenvalue weighted by Gasteiger charge is 2.19. The minimum atomic E-state index is -1.35. The standard InChI is InChI=1S/C6H19N2OSi2/c1-10(5-6(7)8)9-11(2,3)4/h6H,5,7-8H2,1-4H3. The lowest BCUT2D eigenvalue weighted by Crippen LogP contribution is -2.40.